The number of aryl methyl sites for hydroxylation is 1. The average molecular weight is 428 g/mol. The highest BCUT2D eigenvalue weighted by molar-refractivity contribution is 5.78. The summed E-state index contributed by atoms with van der Waals surface area (Å²) < 4.78 is 10.9. The first-order chi connectivity index (χ1) is 14.9. The van der Waals surface area contributed by atoms with Gasteiger partial charge in [0, 0.05) is 25.1 Å². The summed E-state index contributed by atoms with van der Waals surface area (Å²) in [5.41, 5.74) is 0.0232. The number of fused-ring (bicyclic) bond motifs is 3. The van der Waals surface area contributed by atoms with Gasteiger partial charge < -0.3 is 29.6 Å². The van der Waals surface area contributed by atoms with Crippen LogP contribution >= 0.6 is 0 Å². The predicted molar refractivity (Wildman–Crippen MR) is 114 cm³/mol. The van der Waals surface area contributed by atoms with Crippen LogP contribution < -0.4 is 15.5 Å². The minimum absolute atomic E-state index is 0.0168. The zero-order chi connectivity index (χ0) is 22.1. The summed E-state index contributed by atoms with van der Waals surface area (Å²) in [7, 11) is 1.43. The molecule has 8 heteroatoms. The summed E-state index contributed by atoms with van der Waals surface area (Å²) in [5.74, 6) is -0.383. The van der Waals surface area contributed by atoms with E-state index >= 15 is 0 Å². The van der Waals surface area contributed by atoms with Crippen molar-refractivity contribution in [1.82, 2.24) is 10.2 Å². The fourth-order valence-corrected chi connectivity index (χ4v) is 4.71. The van der Waals surface area contributed by atoms with Crippen LogP contribution in [0, 0.1) is 12.8 Å². The van der Waals surface area contributed by atoms with Gasteiger partial charge in [-0.3, -0.25) is 9.59 Å². The van der Waals surface area contributed by atoms with E-state index in [1.165, 1.54) is 19.2 Å². The summed E-state index contributed by atoms with van der Waals surface area (Å²) in [6, 6.07) is 5.98. The van der Waals surface area contributed by atoms with Crippen molar-refractivity contribution >= 4 is 5.91 Å². The Labute approximate surface area is 180 Å². The van der Waals surface area contributed by atoms with E-state index in [2.05, 4.69) is 10.2 Å². The molecule has 4 heterocycles. The zero-order valence-corrected chi connectivity index (χ0v) is 17.8. The Morgan fingerprint density at radius 1 is 1.29 bits per heavy atom. The summed E-state index contributed by atoms with van der Waals surface area (Å²) in [6.45, 7) is 4.62. The van der Waals surface area contributed by atoms with Crippen LogP contribution in [0.1, 0.15) is 42.3 Å². The molecule has 3 N–H and O–H groups in total. The van der Waals surface area contributed by atoms with E-state index in [0.29, 0.717) is 17.2 Å². The lowest BCUT2D eigenvalue weighted by atomic mass is 9.83. The maximum absolute atomic E-state index is 13.0. The molecule has 2 atom stereocenters. The third-order valence-electron chi connectivity index (χ3n) is 6.39. The molecule has 3 saturated heterocycles. The van der Waals surface area contributed by atoms with Crippen LogP contribution in [0.4, 0.5) is 0 Å². The van der Waals surface area contributed by atoms with E-state index in [9.17, 15) is 19.8 Å². The highest BCUT2D eigenvalue weighted by Crippen LogP contribution is 2.37. The van der Waals surface area contributed by atoms with E-state index in [4.69, 9.17) is 9.15 Å². The first-order valence-electron chi connectivity index (χ1n) is 10.6. The van der Waals surface area contributed by atoms with Gasteiger partial charge in [0.05, 0.1) is 13.0 Å². The Morgan fingerprint density at radius 2 is 2.03 bits per heavy atom. The zero-order valence-electron chi connectivity index (χ0n) is 17.8. The standard InChI is InChI=1S/C23H28N2O6/c1-13-9-19(27)22(29)23(31-13)16(15-3-4-18(26)20(10-15)30-2)11-21(28)24-17-12-25-7-5-14(17)6-8-25/h3-4,9-10,14,16-17,26,29H,5-8,11-12H2,1-2H3,(H,24,28)/t16-,17+/m1/s1. The molecule has 166 valence electrons. The van der Waals surface area contributed by atoms with Gasteiger partial charge in [0.15, 0.2) is 17.3 Å². The number of ether oxygens (including phenoxy) is 1. The molecule has 31 heavy (non-hydrogen) atoms. The number of carbonyl (C=O) groups excluding carboxylic acids is 1. The van der Waals surface area contributed by atoms with Crippen LogP contribution in [0.15, 0.2) is 33.5 Å². The molecule has 8 nitrogen and oxygen atoms in total. The second-order valence-electron chi connectivity index (χ2n) is 8.43. The molecule has 0 aliphatic carbocycles. The number of nitrogens with one attached hydrogen (secondary N) is 1. The van der Waals surface area contributed by atoms with Gasteiger partial charge in [-0.1, -0.05) is 6.07 Å². The summed E-state index contributed by atoms with van der Waals surface area (Å²) >= 11 is 0. The Bertz CT molecular complexity index is 1030. The fraction of sp³-hybridized carbons (Fsp3) is 0.478. The van der Waals surface area contributed by atoms with Gasteiger partial charge in [0.2, 0.25) is 17.1 Å². The highest BCUT2D eigenvalue weighted by atomic mass is 16.5. The van der Waals surface area contributed by atoms with Gasteiger partial charge in [-0.05, 0) is 56.5 Å². The Hall–Kier alpha value is -3.00. The average Bonchev–Trinajstić information content (AvgIpc) is 2.76. The lowest BCUT2D eigenvalue weighted by Crippen LogP contribution is -2.57. The van der Waals surface area contributed by atoms with Crippen molar-refractivity contribution in [2.75, 3.05) is 26.7 Å². The number of amides is 1. The number of benzene rings is 1. The van der Waals surface area contributed by atoms with E-state index in [1.807, 2.05) is 0 Å². The van der Waals surface area contributed by atoms with Crippen LogP contribution in [0.25, 0.3) is 0 Å². The van der Waals surface area contributed by atoms with Gasteiger partial charge in [-0.15, -0.1) is 0 Å². The molecular formula is C23H28N2O6. The summed E-state index contributed by atoms with van der Waals surface area (Å²) in [6.07, 6.45) is 2.14. The van der Waals surface area contributed by atoms with Crippen LogP contribution in [-0.2, 0) is 4.79 Å². The normalized spacial score (nSPS) is 23.4. The molecule has 3 aliphatic heterocycles. The van der Waals surface area contributed by atoms with Crippen molar-refractivity contribution in [3.63, 3.8) is 0 Å². The third-order valence-corrected chi connectivity index (χ3v) is 6.39. The number of phenolic OH excluding ortho intramolecular Hbond substituents is 1. The topological polar surface area (TPSA) is 112 Å². The Morgan fingerprint density at radius 3 is 2.68 bits per heavy atom. The van der Waals surface area contributed by atoms with Crippen molar-refractivity contribution in [2.24, 2.45) is 5.92 Å². The van der Waals surface area contributed by atoms with E-state index in [-0.39, 0.29) is 35.6 Å². The number of hydrogen-bond acceptors (Lipinski definition) is 7. The minimum atomic E-state index is -0.719. The number of methoxy groups -OCH3 is 1. The van der Waals surface area contributed by atoms with Gasteiger partial charge >= 0.3 is 0 Å². The van der Waals surface area contributed by atoms with Gasteiger partial charge in [0.25, 0.3) is 0 Å². The third kappa shape index (κ3) is 4.39. The van der Waals surface area contributed by atoms with Crippen LogP contribution in [0.3, 0.4) is 0 Å². The molecule has 3 fully saturated rings. The Kier molecular flexibility index (Phi) is 5.91. The lowest BCUT2D eigenvalue weighted by molar-refractivity contribution is -0.123. The molecule has 0 saturated carbocycles. The van der Waals surface area contributed by atoms with Crippen molar-refractivity contribution < 1.29 is 24.2 Å². The maximum atomic E-state index is 13.0. The van der Waals surface area contributed by atoms with E-state index in [0.717, 1.165) is 32.5 Å². The number of phenols is 1. The molecule has 3 aliphatic rings. The molecule has 2 aromatic rings. The predicted octanol–water partition coefficient (Wildman–Crippen LogP) is 2.10. The number of aromatic hydroxyl groups is 2. The number of rotatable bonds is 6. The SMILES string of the molecule is COc1cc([C@@H](CC(=O)N[C@H]2CN3CCC2CC3)c2oc(C)cc(=O)c2O)ccc1O. The smallest absolute Gasteiger partial charge is 0.227 e. The molecule has 5 rings (SSSR count). The van der Waals surface area contributed by atoms with Crippen molar-refractivity contribution in [3.8, 4) is 17.2 Å². The maximum Gasteiger partial charge on any atom is 0.227 e. The van der Waals surface area contributed by atoms with Crippen molar-refractivity contribution in [3.05, 3.63) is 51.6 Å². The molecule has 1 amide bonds. The number of hydrogen-bond donors (Lipinski definition) is 3. The summed E-state index contributed by atoms with van der Waals surface area (Å²) in [5, 5.41) is 23.5. The largest absolute Gasteiger partial charge is 0.504 e. The summed E-state index contributed by atoms with van der Waals surface area (Å²) in [4.78, 5) is 27.6. The molecule has 0 spiro atoms. The lowest BCUT2D eigenvalue weighted by Gasteiger charge is -2.45. The monoisotopic (exact) mass is 428 g/mol. The fourth-order valence-electron chi connectivity index (χ4n) is 4.71. The van der Waals surface area contributed by atoms with Crippen LogP contribution in [0.5, 0.6) is 17.2 Å². The number of carbonyl (C=O) groups is 1. The van der Waals surface area contributed by atoms with Crippen molar-refractivity contribution in [2.45, 2.75) is 38.1 Å². The number of piperidine rings is 3. The van der Waals surface area contributed by atoms with Gasteiger partial charge in [-0.25, -0.2) is 0 Å². The van der Waals surface area contributed by atoms with Crippen LogP contribution in [0.2, 0.25) is 0 Å². The molecule has 2 bridgehead atoms. The molecule has 1 aromatic heterocycles. The minimum Gasteiger partial charge on any atom is -0.504 e. The second-order valence-corrected chi connectivity index (χ2v) is 8.43. The quantitative estimate of drug-likeness (QED) is 0.646. The molecular weight excluding hydrogens is 400 g/mol. The first kappa shape index (κ1) is 21.2. The molecule has 0 radical (unpaired) electrons. The first-order valence-corrected chi connectivity index (χ1v) is 10.6. The molecule has 0 unspecified atom stereocenters. The second kappa shape index (κ2) is 8.63. The van der Waals surface area contributed by atoms with Gasteiger partial charge in [-0.2, -0.15) is 0 Å². The Balaban J connectivity index is 1.64. The van der Waals surface area contributed by atoms with Gasteiger partial charge in [0.1, 0.15) is 5.76 Å². The highest BCUT2D eigenvalue weighted by Gasteiger charge is 2.35. The number of nitrogens with zero attached hydrogens (tertiary/aromatic N) is 1. The van der Waals surface area contributed by atoms with Crippen LogP contribution in [-0.4, -0.2) is 53.8 Å². The molecule has 1 aromatic carbocycles. The van der Waals surface area contributed by atoms with E-state index < -0.39 is 17.1 Å². The van der Waals surface area contributed by atoms with E-state index in [1.54, 1.807) is 19.1 Å². The van der Waals surface area contributed by atoms with Crippen molar-refractivity contribution in [1.29, 1.82) is 0 Å².